The maximum Gasteiger partial charge on any atom is 0.161 e. The summed E-state index contributed by atoms with van der Waals surface area (Å²) in [5, 5.41) is 4.02. The van der Waals surface area contributed by atoms with Gasteiger partial charge in [-0.05, 0) is 43.0 Å². The summed E-state index contributed by atoms with van der Waals surface area (Å²) in [5.74, 6) is 1.99. The van der Waals surface area contributed by atoms with Gasteiger partial charge in [-0.1, -0.05) is 42.3 Å². The van der Waals surface area contributed by atoms with Gasteiger partial charge < -0.3 is 14.3 Å². The summed E-state index contributed by atoms with van der Waals surface area (Å²) in [6.07, 6.45) is 4.81. The van der Waals surface area contributed by atoms with Crippen molar-refractivity contribution >= 4 is 11.4 Å². The highest BCUT2D eigenvalue weighted by atomic mass is 16.6. The number of oxime groups is 1. The summed E-state index contributed by atoms with van der Waals surface area (Å²) in [5.41, 5.74) is 6.52. The Morgan fingerprint density at radius 3 is 2.34 bits per heavy atom. The van der Waals surface area contributed by atoms with Gasteiger partial charge in [0.15, 0.2) is 11.5 Å². The largest absolute Gasteiger partial charge is 0.493 e. The van der Waals surface area contributed by atoms with Crippen molar-refractivity contribution in [3.05, 3.63) is 58.7 Å². The highest BCUT2D eigenvalue weighted by molar-refractivity contribution is 6.15. The van der Waals surface area contributed by atoms with Gasteiger partial charge in [0.25, 0.3) is 0 Å². The second-order valence-electron chi connectivity index (χ2n) is 7.67. The van der Waals surface area contributed by atoms with Gasteiger partial charge in [0.1, 0.15) is 7.11 Å². The van der Waals surface area contributed by atoms with E-state index in [1.807, 2.05) is 6.92 Å². The van der Waals surface area contributed by atoms with Crippen molar-refractivity contribution < 1.29 is 14.3 Å². The Morgan fingerprint density at radius 2 is 1.66 bits per heavy atom. The van der Waals surface area contributed by atoms with Crippen molar-refractivity contribution in [2.45, 2.75) is 44.6 Å². The maximum atomic E-state index is 5.60. The Bertz CT molecular complexity index is 947. The van der Waals surface area contributed by atoms with E-state index in [1.54, 1.807) is 21.3 Å². The molecule has 1 aliphatic heterocycles. The zero-order valence-electron chi connectivity index (χ0n) is 17.6. The van der Waals surface area contributed by atoms with Crippen LogP contribution in [0.25, 0.3) is 0 Å². The summed E-state index contributed by atoms with van der Waals surface area (Å²) in [6.45, 7) is 1.94. The number of nitrogens with zero attached hydrogens (tertiary/aromatic N) is 2. The first-order valence-electron chi connectivity index (χ1n) is 10.2. The molecule has 29 heavy (non-hydrogen) atoms. The Morgan fingerprint density at radius 1 is 0.966 bits per heavy atom. The minimum atomic E-state index is 0.334. The number of aliphatic imine (C=N–C) groups is 1. The van der Waals surface area contributed by atoms with Crippen LogP contribution in [-0.4, -0.2) is 38.8 Å². The molecule has 5 heteroatoms. The molecular formula is C24H28N2O3. The average molecular weight is 392 g/mol. The van der Waals surface area contributed by atoms with Crippen LogP contribution in [-0.2, 0) is 4.84 Å². The van der Waals surface area contributed by atoms with Gasteiger partial charge in [-0.15, -0.1) is 0 Å². The van der Waals surface area contributed by atoms with Crippen LogP contribution < -0.4 is 9.47 Å². The molecule has 4 rings (SSSR count). The molecule has 1 aliphatic carbocycles. The minimum Gasteiger partial charge on any atom is -0.493 e. The lowest BCUT2D eigenvalue weighted by atomic mass is 9.75. The average Bonchev–Trinajstić information content (AvgIpc) is 2.77. The van der Waals surface area contributed by atoms with Gasteiger partial charge in [-0.25, -0.2) is 0 Å². The third kappa shape index (κ3) is 3.61. The van der Waals surface area contributed by atoms with Gasteiger partial charge in [-0.2, -0.15) is 0 Å². The fourth-order valence-corrected chi connectivity index (χ4v) is 4.56. The quantitative estimate of drug-likeness (QED) is 0.534. The van der Waals surface area contributed by atoms with Gasteiger partial charge in [0.2, 0.25) is 0 Å². The number of ether oxygens (including phenoxy) is 2. The highest BCUT2D eigenvalue weighted by Crippen LogP contribution is 2.44. The summed E-state index contributed by atoms with van der Waals surface area (Å²) in [6, 6.07) is 13.0. The molecule has 0 amide bonds. The van der Waals surface area contributed by atoms with Crippen molar-refractivity contribution in [2.24, 2.45) is 10.1 Å². The van der Waals surface area contributed by atoms with E-state index in [1.165, 1.54) is 24.8 Å². The van der Waals surface area contributed by atoms with Crippen LogP contribution in [0, 0.1) is 0 Å². The fourth-order valence-electron chi connectivity index (χ4n) is 4.56. The van der Waals surface area contributed by atoms with Crippen LogP contribution in [0.4, 0.5) is 0 Å². The summed E-state index contributed by atoms with van der Waals surface area (Å²) < 4.78 is 11.2. The number of hydrogen-bond acceptors (Lipinski definition) is 5. The van der Waals surface area contributed by atoms with E-state index in [4.69, 9.17) is 19.3 Å². The van der Waals surface area contributed by atoms with Crippen LogP contribution in [0.15, 0.2) is 46.5 Å². The lowest BCUT2D eigenvalue weighted by Gasteiger charge is -2.35. The van der Waals surface area contributed by atoms with E-state index in [9.17, 15) is 0 Å². The van der Waals surface area contributed by atoms with Crippen molar-refractivity contribution in [1.82, 2.24) is 0 Å². The molecule has 0 saturated heterocycles. The van der Waals surface area contributed by atoms with Crippen molar-refractivity contribution in [3.8, 4) is 11.5 Å². The predicted molar refractivity (Wildman–Crippen MR) is 116 cm³/mol. The molecule has 0 spiro atoms. The van der Waals surface area contributed by atoms with Crippen LogP contribution in [0.2, 0.25) is 0 Å². The van der Waals surface area contributed by atoms with Crippen LogP contribution >= 0.6 is 0 Å². The van der Waals surface area contributed by atoms with Crippen molar-refractivity contribution in [1.29, 1.82) is 0 Å². The zero-order chi connectivity index (χ0) is 20.4. The standard InChI is InChI=1S/C24H28N2O3/c1-15(26-29-4)16-9-11-17(12-10-16)24-20-14-23(28-3)22(27-2)13-19(20)18-7-5-6-8-21(18)25-24/h9-14,18,21H,5-8H2,1-4H3/t18-,21-/m1/s1. The first-order valence-corrected chi connectivity index (χ1v) is 10.2. The third-order valence-corrected chi connectivity index (χ3v) is 6.04. The molecular weight excluding hydrogens is 364 g/mol. The summed E-state index contributed by atoms with van der Waals surface area (Å²) in [7, 11) is 4.94. The molecule has 0 unspecified atom stereocenters. The second kappa shape index (κ2) is 8.27. The summed E-state index contributed by atoms with van der Waals surface area (Å²) in [4.78, 5) is 10.1. The molecule has 5 nitrogen and oxygen atoms in total. The Hall–Kier alpha value is -2.82. The number of hydrogen-bond donors (Lipinski definition) is 0. The zero-order valence-corrected chi connectivity index (χ0v) is 17.6. The van der Waals surface area contributed by atoms with E-state index in [0.717, 1.165) is 46.0 Å². The molecule has 1 fully saturated rings. The lowest BCUT2D eigenvalue weighted by Crippen LogP contribution is -2.29. The third-order valence-electron chi connectivity index (χ3n) is 6.04. The number of rotatable bonds is 5. The maximum absolute atomic E-state index is 5.60. The Labute approximate surface area is 172 Å². The monoisotopic (exact) mass is 392 g/mol. The predicted octanol–water partition coefficient (Wildman–Crippen LogP) is 4.95. The van der Waals surface area contributed by atoms with Crippen LogP contribution in [0.5, 0.6) is 11.5 Å². The molecule has 2 aliphatic rings. The molecule has 1 saturated carbocycles. The second-order valence-corrected chi connectivity index (χ2v) is 7.67. The highest BCUT2D eigenvalue weighted by Gasteiger charge is 2.34. The van der Waals surface area contributed by atoms with E-state index < -0.39 is 0 Å². The first-order chi connectivity index (χ1) is 14.2. The molecule has 2 aromatic rings. The van der Waals surface area contributed by atoms with Gasteiger partial charge in [-0.3, -0.25) is 4.99 Å². The first kappa shape index (κ1) is 19.5. The SMILES string of the molecule is CON=C(C)c1ccc(C2=N[C@@H]3CCCC[C@@H]3c3cc(OC)c(OC)cc32)cc1. The molecule has 0 radical (unpaired) electrons. The topological polar surface area (TPSA) is 52.4 Å². The van der Waals surface area contributed by atoms with E-state index in [-0.39, 0.29) is 0 Å². The summed E-state index contributed by atoms with van der Waals surface area (Å²) >= 11 is 0. The van der Waals surface area contributed by atoms with Crippen molar-refractivity contribution in [2.75, 3.05) is 21.3 Å². The van der Waals surface area contributed by atoms with Crippen LogP contribution in [0.1, 0.15) is 60.8 Å². The number of methoxy groups -OCH3 is 2. The van der Waals surface area contributed by atoms with Crippen molar-refractivity contribution in [3.63, 3.8) is 0 Å². The van der Waals surface area contributed by atoms with Crippen LogP contribution in [0.3, 0.4) is 0 Å². The number of fused-ring (bicyclic) bond motifs is 3. The lowest BCUT2D eigenvalue weighted by molar-refractivity contribution is 0.213. The molecule has 2 aromatic carbocycles. The smallest absolute Gasteiger partial charge is 0.161 e. The molecule has 1 heterocycles. The molecule has 152 valence electrons. The Balaban J connectivity index is 1.81. The van der Waals surface area contributed by atoms with Gasteiger partial charge in [0.05, 0.1) is 31.7 Å². The fraction of sp³-hybridized carbons (Fsp3) is 0.417. The van der Waals surface area contributed by atoms with E-state index in [0.29, 0.717) is 12.0 Å². The van der Waals surface area contributed by atoms with E-state index in [2.05, 4.69) is 41.6 Å². The normalized spacial score (nSPS) is 21.0. The molecule has 0 bridgehead atoms. The molecule has 2 atom stereocenters. The van der Waals surface area contributed by atoms with E-state index >= 15 is 0 Å². The van der Waals surface area contributed by atoms with Gasteiger partial charge in [0, 0.05) is 17.0 Å². The molecule has 0 aromatic heterocycles. The Kier molecular flexibility index (Phi) is 5.56. The van der Waals surface area contributed by atoms with Gasteiger partial charge >= 0.3 is 0 Å². The number of benzene rings is 2. The molecule has 0 N–H and O–H groups in total. The minimum absolute atomic E-state index is 0.334.